The van der Waals surface area contributed by atoms with Gasteiger partial charge in [0.2, 0.25) is 5.91 Å². The van der Waals surface area contributed by atoms with Crippen LogP contribution in [0.25, 0.3) is 22.0 Å². The fourth-order valence-electron chi connectivity index (χ4n) is 5.88. The van der Waals surface area contributed by atoms with Crippen LogP contribution in [0.2, 0.25) is 0 Å². The summed E-state index contributed by atoms with van der Waals surface area (Å²) in [5.41, 5.74) is -1.08. The zero-order chi connectivity index (χ0) is 29.6. The summed E-state index contributed by atoms with van der Waals surface area (Å²) in [5.74, 6) is -0.365. The van der Waals surface area contributed by atoms with Crippen LogP contribution in [-0.4, -0.2) is 64.0 Å². The Hall–Kier alpha value is -3.38. The van der Waals surface area contributed by atoms with Gasteiger partial charge in [-0.15, -0.1) is 11.8 Å². The highest BCUT2D eigenvalue weighted by atomic mass is 32.2. The molecule has 0 unspecified atom stereocenters. The molecular weight excluding hydrogens is 560 g/mol. The minimum absolute atomic E-state index is 0.111. The first-order chi connectivity index (χ1) is 19.4. The molecule has 41 heavy (non-hydrogen) atoms. The van der Waals surface area contributed by atoms with Crippen molar-refractivity contribution in [3.8, 4) is 11.1 Å². The maximum absolute atomic E-state index is 14.8. The molecule has 0 spiro atoms. The Kier molecular flexibility index (Phi) is 7.90. The van der Waals surface area contributed by atoms with Crippen molar-refractivity contribution in [1.29, 1.82) is 0 Å². The van der Waals surface area contributed by atoms with Gasteiger partial charge in [-0.1, -0.05) is 18.7 Å². The maximum Gasteiger partial charge on any atom is 0.417 e. The summed E-state index contributed by atoms with van der Waals surface area (Å²) < 4.78 is 65.3. The molecule has 0 N–H and O–H groups in total. The van der Waals surface area contributed by atoms with E-state index in [9.17, 15) is 27.2 Å². The standard InChI is InChI=1S/C29H30F4N4O3S/c1-5-23(38)37-16(3)12-35(13-17(37)4)27-21-11-22(29(31,32)33)24(18-7-9-19(30)10-8-18)26-25(21)36(28(39)34-27)14-20(15-41-26)40-6-2/h5,7-11,16-17,20H,1,6,12-15H2,2-4H3/t16-,17+,20-/m0/s1. The first kappa shape index (κ1) is 29.1. The molecular formula is C29H30F4N4O3S. The van der Waals surface area contributed by atoms with E-state index >= 15 is 0 Å². The van der Waals surface area contributed by atoms with Gasteiger partial charge in [0.25, 0.3) is 0 Å². The lowest BCUT2D eigenvalue weighted by atomic mass is 9.96. The first-order valence-corrected chi connectivity index (χ1v) is 14.3. The molecule has 1 amide bonds. The van der Waals surface area contributed by atoms with Gasteiger partial charge in [-0.05, 0) is 50.6 Å². The zero-order valence-corrected chi connectivity index (χ0v) is 23.7. The lowest BCUT2D eigenvalue weighted by molar-refractivity contribution is -0.137. The first-order valence-electron chi connectivity index (χ1n) is 13.3. The van der Waals surface area contributed by atoms with Crippen LogP contribution >= 0.6 is 11.8 Å². The maximum atomic E-state index is 14.8. The van der Waals surface area contributed by atoms with E-state index in [-0.39, 0.29) is 64.9 Å². The number of hydrogen-bond donors (Lipinski definition) is 0. The second-order valence-corrected chi connectivity index (χ2v) is 11.3. The topological polar surface area (TPSA) is 67.7 Å². The van der Waals surface area contributed by atoms with Gasteiger partial charge in [-0.2, -0.15) is 18.2 Å². The smallest absolute Gasteiger partial charge is 0.376 e. The molecule has 12 heteroatoms. The number of hydrogen-bond acceptors (Lipinski definition) is 6. The third-order valence-corrected chi connectivity index (χ3v) is 8.71. The molecule has 2 aliphatic heterocycles. The highest BCUT2D eigenvalue weighted by Gasteiger charge is 2.39. The number of benzene rings is 2. The Morgan fingerprint density at radius 3 is 2.41 bits per heavy atom. The van der Waals surface area contributed by atoms with E-state index in [1.807, 2.05) is 20.8 Å². The van der Waals surface area contributed by atoms with Crippen molar-refractivity contribution in [2.24, 2.45) is 0 Å². The molecule has 3 atom stereocenters. The van der Waals surface area contributed by atoms with E-state index in [4.69, 9.17) is 4.74 Å². The summed E-state index contributed by atoms with van der Waals surface area (Å²) >= 11 is 1.19. The Bertz CT molecular complexity index is 1550. The van der Waals surface area contributed by atoms with E-state index in [2.05, 4.69) is 11.6 Å². The highest BCUT2D eigenvalue weighted by molar-refractivity contribution is 7.99. The molecule has 7 nitrogen and oxygen atoms in total. The largest absolute Gasteiger partial charge is 0.417 e. The van der Waals surface area contributed by atoms with Crippen LogP contribution < -0.4 is 10.6 Å². The number of halogens is 4. The molecule has 3 aromatic rings. The zero-order valence-electron chi connectivity index (χ0n) is 22.9. The average Bonchev–Trinajstić information content (AvgIpc) is 3.11. The van der Waals surface area contributed by atoms with E-state index < -0.39 is 29.4 Å². The monoisotopic (exact) mass is 590 g/mol. The highest BCUT2D eigenvalue weighted by Crippen LogP contribution is 2.48. The minimum atomic E-state index is -4.76. The summed E-state index contributed by atoms with van der Waals surface area (Å²) in [4.78, 5) is 34.1. The van der Waals surface area contributed by atoms with Crippen LogP contribution in [0.4, 0.5) is 23.4 Å². The van der Waals surface area contributed by atoms with E-state index in [1.165, 1.54) is 34.5 Å². The minimum Gasteiger partial charge on any atom is -0.376 e. The number of aromatic nitrogens is 2. The summed E-state index contributed by atoms with van der Waals surface area (Å²) in [6, 6.07) is 5.30. The van der Waals surface area contributed by atoms with E-state index in [1.54, 1.807) is 9.80 Å². The van der Waals surface area contributed by atoms with Gasteiger partial charge in [-0.25, -0.2) is 9.18 Å². The fraction of sp³-hybridized carbons (Fsp3) is 0.414. The molecule has 0 aliphatic carbocycles. The van der Waals surface area contributed by atoms with Crippen LogP contribution in [0.1, 0.15) is 26.3 Å². The van der Waals surface area contributed by atoms with Crippen molar-refractivity contribution >= 4 is 34.4 Å². The molecule has 3 heterocycles. The number of anilines is 1. The van der Waals surface area contributed by atoms with Crippen LogP contribution in [0, 0.1) is 5.82 Å². The molecule has 0 saturated carbocycles. The van der Waals surface area contributed by atoms with Crippen LogP contribution in [0.5, 0.6) is 0 Å². The quantitative estimate of drug-likeness (QED) is 0.295. The van der Waals surface area contributed by atoms with Crippen molar-refractivity contribution in [3.63, 3.8) is 0 Å². The molecule has 2 aromatic carbocycles. The molecule has 0 radical (unpaired) electrons. The number of thioether (sulfide) groups is 1. The van der Waals surface area contributed by atoms with Gasteiger partial charge in [0.05, 0.1) is 23.7 Å². The summed E-state index contributed by atoms with van der Waals surface area (Å²) in [7, 11) is 0. The number of ether oxygens (including phenoxy) is 1. The Labute approximate surface area is 238 Å². The van der Waals surface area contributed by atoms with Gasteiger partial charge >= 0.3 is 11.9 Å². The molecule has 2 aliphatic rings. The van der Waals surface area contributed by atoms with Crippen molar-refractivity contribution in [2.45, 2.75) is 56.6 Å². The fourth-order valence-corrected chi connectivity index (χ4v) is 7.16. The Morgan fingerprint density at radius 1 is 1.17 bits per heavy atom. The van der Waals surface area contributed by atoms with Crippen LogP contribution in [0.3, 0.4) is 0 Å². The van der Waals surface area contributed by atoms with E-state index in [0.29, 0.717) is 17.9 Å². The molecule has 1 fully saturated rings. The van der Waals surface area contributed by atoms with Crippen LogP contribution in [0.15, 0.2) is 52.7 Å². The predicted octanol–water partition coefficient (Wildman–Crippen LogP) is 5.34. The molecule has 1 aromatic heterocycles. The number of piperazine rings is 1. The number of alkyl halides is 3. The van der Waals surface area contributed by atoms with Crippen molar-refractivity contribution in [2.75, 3.05) is 30.3 Å². The second-order valence-electron chi connectivity index (χ2n) is 10.3. The van der Waals surface area contributed by atoms with Gasteiger partial charge in [0.1, 0.15) is 11.6 Å². The third kappa shape index (κ3) is 5.34. The van der Waals surface area contributed by atoms with E-state index in [0.717, 1.165) is 18.2 Å². The van der Waals surface area contributed by atoms with Crippen molar-refractivity contribution in [3.05, 3.63) is 64.9 Å². The number of nitrogens with zero attached hydrogens (tertiary/aromatic N) is 4. The van der Waals surface area contributed by atoms with Gasteiger partial charge < -0.3 is 14.5 Å². The summed E-state index contributed by atoms with van der Waals surface area (Å²) in [6.45, 7) is 10.1. The molecule has 5 rings (SSSR count). The predicted molar refractivity (Wildman–Crippen MR) is 151 cm³/mol. The lowest BCUT2D eigenvalue weighted by Gasteiger charge is -2.44. The van der Waals surface area contributed by atoms with Gasteiger partial charge in [0.15, 0.2) is 0 Å². The molecule has 218 valence electrons. The number of rotatable bonds is 5. The number of amides is 1. The number of carbonyl (C=O) groups excluding carboxylic acids is 1. The van der Waals surface area contributed by atoms with Crippen molar-refractivity contribution in [1.82, 2.24) is 14.5 Å². The second kappa shape index (κ2) is 11.1. The summed E-state index contributed by atoms with van der Waals surface area (Å²) in [5, 5.41) is 0.185. The third-order valence-electron chi connectivity index (χ3n) is 7.49. The molecule has 0 bridgehead atoms. The average molecular weight is 591 g/mol. The molecule has 1 saturated heterocycles. The van der Waals surface area contributed by atoms with Gasteiger partial charge in [-0.3, -0.25) is 9.36 Å². The SMILES string of the molecule is C=CC(=O)N1[C@H](C)CN(c2nc(=O)n3c4c(c(-c5ccc(F)cc5)c(C(F)(F)F)cc24)SC[C@@H](OCC)C3)C[C@@H]1C. The lowest BCUT2D eigenvalue weighted by Crippen LogP contribution is -2.58. The van der Waals surface area contributed by atoms with Crippen molar-refractivity contribution < 1.29 is 27.1 Å². The normalized spacial score (nSPS) is 21.2. The number of carbonyl (C=O) groups is 1. The Balaban J connectivity index is 1.80. The summed E-state index contributed by atoms with van der Waals surface area (Å²) in [6.07, 6.45) is -3.96. The van der Waals surface area contributed by atoms with Gasteiger partial charge in [0, 0.05) is 53.4 Å². The Morgan fingerprint density at radius 2 is 1.83 bits per heavy atom. The van der Waals surface area contributed by atoms with Crippen LogP contribution in [-0.2, 0) is 22.3 Å².